The van der Waals surface area contributed by atoms with E-state index >= 15 is 0 Å². The summed E-state index contributed by atoms with van der Waals surface area (Å²) in [6.45, 7) is 0. The number of aliphatic imine (C=N–C) groups is 1. The molecule has 0 bridgehead atoms. The van der Waals surface area contributed by atoms with E-state index in [9.17, 15) is 9.59 Å². The maximum absolute atomic E-state index is 12.7. The molecule has 3 aromatic carbocycles. The summed E-state index contributed by atoms with van der Waals surface area (Å²) >= 11 is 0. The fraction of sp³-hybridized carbons (Fsp3) is 0.0455. The Labute approximate surface area is 145 Å². The Hall–Kier alpha value is -3.33. The smallest absolute Gasteiger partial charge is 0.229 e. The van der Waals surface area contributed by atoms with Crippen molar-refractivity contribution in [3.63, 3.8) is 0 Å². The average Bonchev–Trinajstić information content (AvgIpc) is 2.93. The van der Waals surface area contributed by atoms with Gasteiger partial charge in [-0.1, -0.05) is 72.8 Å². The van der Waals surface area contributed by atoms with Crippen molar-refractivity contribution in [1.29, 1.82) is 0 Å². The number of ketones is 2. The van der Waals surface area contributed by atoms with Crippen molar-refractivity contribution < 1.29 is 9.59 Å². The van der Waals surface area contributed by atoms with Crippen LogP contribution < -0.4 is 0 Å². The van der Waals surface area contributed by atoms with Gasteiger partial charge in [0.1, 0.15) is 0 Å². The number of carbonyl (C=O) groups is 2. The van der Waals surface area contributed by atoms with Crippen LogP contribution in [-0.2, 0) is 4.79 Å². The molecule has 0 amide bonds. The number of rotatable bonds is 3. The minimum Gasteiger partial charge on any atom is -0.289 e. The van der Waals surface area contributed by atoms with Gasteiger partial charge in [0.25, 0.3) is 0 Å². The molecule has 0 fully saturated rings. The van der Waals surface area contributed by atoms with Crippen LogP contribution in [0.2, 0.25) is 0 Å². The van der Waals surface area contributed by atoms with E-state index in [0.717, 1.165) is 16.8 Å². The van der Waals surface area contributed by atoms with Gasteiger partial charge >= 0.3 is 0 Å². The summed E-state index contributed by atoms with van der Waals surface area (Å²) in [5, 5.41) is 0. The topological polar surface area (TPSA) is 46.5 Å². The molecule has 4 rings (SSSR count). The molecule has 1 atom stereocenters. The lowest BCUT2D eigenvalue weighted by Gasteiger charge is -2.14. The van der Waals surface area contributed by atoms with Crippen LogP contribution in [-0.4, -0.2) is 17.3 Å². The summed E-state index contributed by atoms with van der Waals surface area (Å²) in [7, 11) is 0. The van der Waals surface area contributed by atoms with E-state index in [1.54, 1.807) is 12.1 Å². The van der Waals surface area contributed by atoms with E-state index in [1.807, 2.05) is 72.8 Å². The van der Waals surface area contributed by atoms with Gasteiger partial charge in [0.05, 0.1) is 17.3 Å². The van der Waals surface area contributed by atoms with Gasteiger partial charge in [0, 0.05) is 5.56 Å². The molecule has 0 saturated carbocycles. The molecule has 0 heterocycles. The predicted molar refractivity (Wildman–Crippen MR) is 97.6 cm³/mol. The van der Waals surface area contributed by atoms with Crippen molar-refractivity contribution in [1.82, 2.24) is 0 Å². The van der Waals surface area contributed by atoms with E-state index in [1.165, 1.54) is 0 Å². The summed E-state index contributed by atoms with van der Waals surface area (Å²) in [6, 6.07) is 26.2. The highest BCUT2D eigenvalue weighted by molar-refractivity contribution is 6.53. The van der Waals surface area contributed by atoms with Crippen molar-refractivity contribution >= 4 is 23.0 Å². The largest absolute Gasteiger partial charge is 0.289 e. The summed E-state index contributed by atoms with van der Waals surface area (Å²) < 4.78 is 0. The summed E-state index contributed by atoms with van der Waals surface area (Å²) in [4.78, 5) is 29.9. The molecule has 25 heavy (non-hydrogen) atoms. The lowest BCUT2D eigenvalue weighted by Crippen LogP contribution is -2.21. The number of hydrogen-bond acceptors (Lipinski definition) is 3. The zero-order chi connectivity index (χ0) is 17.2. The predicted octanol–water partition coefficient (Wildman–Crippen LogP) is 4.36. The molecule has 0 spiro atoms. The van der Waals surface area contributed by atoms with Gasteiger partial charge in [-0.3, -0.25) is 14.6 Å². The fourth-order valence-corrected chi connectivity index (χ4v) is 3.18. The molecular formula is C22H15NO2. The molecule has 3 aromatic rings. The summed E-state index contributed by atoms with van der Waals surface area (Å²) in [6.07, 6.45) is 0. The van der Waals surface area contributed by atoms with Gasteiger partial charge < -0.3 is 0 Å². The number of hydrogen-bond donors (Lipinski definition) is 0. The van der Waals surface area contributed by atoms with Crippen molar-refractivity contribution in [3.8, 4) is 0 Å². The molecule has 0 aromatic heterocycles. The van der Waals surface area contributed by atoms with E-state index < -0.39 is 17.5 Å². The van der Waals surface area contributed by atoms with Crippen LogP contribution in [0.4, 0.5) is 5.69 Å². The first-order valence-electron chi connectivity index (χ1n) is 8.12. The number of Topliss-reactive ketones (excluding diaryl/α,β-unsaturated/α-hetero) is 2. The quantitative estimate of drug-likeness (QED) is 0.531. The van der Waals surface area contributed by atoms with E-state index in [0.29, 0.717) is 11.3 Å². The molecule has 0 N–H and O–H groups in total. The van der Waals surface area contributed by atoms with Crippen LogP contribution >= 0.6 is 0 Å². The van der Waals surface area contributed by atoms with E-state index in [4.69, 9.17) is 4.99 Å². The third kappa shape index (κ3) is 2.70. The standard InChI is InChI=1S/C22H15NO2/c24-21-18-14-8-7-13-17(18)19(22(21)25)20(15-9-3-1-4-10-15)23-16-11-5-2-6-12-16/h1-14,19H. The first kappa shape index (κ1) is 15.2. The molecule has 3 heteroatoms. The number of fused-ring (bicyclic) bond motifs is 1. The van der Waals surface area contributed by atoms with Crippen LogP contribution in [0.5, 0.6) is 0 Å². The molecule has 3 nitrogen and oxygen atoms in total. The zero-order valence-electron chi connectivity index (χ0n) is 13.4. The SMILES string of the molecule is O=C1C(=O)C(C(=Nc2ccccc2)c2ccccc2)c2ccccc21. The Kier molecular flexibility index (Phi) is 3.82. The van der Waals surface area contributed by atoms with E-state index in [2.05, 4.69) is 0 Å². The maximum Gasteiger partial charge on any atom is 0.229 e. The Morgan fingerprint density at radius 1 is 0.720 bits per heavy atom. The summed E-state index contributed by atoms with van der Waals surface area (Å²) in [5.41, 5.74) is 3.42. The van der Waals surface area contributed by atoms with Gasteiger partial charge in [-0.15, -0.1) is 0 Å². The third-order valence-electron chi connectivity index (χ3n) is 4.35. The molecule has 0 saturated heterocycles. The molecular weight excluding hydrogens is 310 g/mol. The van der Waals surface area contributed by atoms with Gasteiger partial charge in [0.2, 0.25) is 11.6 Å². The second kappa shape index (κ2) is 6.29. The van der Waals surface area contributed by atoms with Crippen LogP contribution in [0.25, 0.3) is 0 Å². The van der Waals surface area contributed by atoms with Gasteiger partial charge in [-0.05, 0) is 23.3 Å². The second-order valence-corrected chi connectivity index (χ2v) is 5.91. The number of nitrogens with zero attached hydrogens (tertiary/aromatic N) is 1. The number of carbonyl (C=O) groups excluding carboxylic acids is 2. The lowest BCUT2D eigenvalue weighted by molar-refractivity contribution is -0.114. The minimum absolute atomic E-state index is 0.417. The normalized spacial score (nSPS) is 16.8. The molecule has 1 aliphatic carbocycles. The van der Waals surface area contributed by atoms with Crippen molar-refractivity contribution in [3.05, 3.63) is 102 Å². The van der Waals surface area contributed by atoms with E-state index in [-0.39, 0.29) is 0 Å². The first-order chi connectivity index (χ1) is 12.3. The Balaban J connectivity index is 1.92. The van der Waals surface area contributed by atoms with Crippen LogP contribution in [0.15, 0.2) is 89.9 Å². The third-order valence-corrected chi connectivity index (χ3v) is 4.35. The lowest BCUT2D eigenvalue weighted by atomic mass is 9.90. The number of benzene rings is 3. The highest BCUT2D eigenvalue weighted by Crippen LogP contribution is 2.34. The van der Waals surface area contributed by atoms with Gasteiger partial charge in [0.15, 0.2) is 0 Å². The van der Waals surface area contributed by atoms with Crippen molar-refractivity contribution in [2.75, 3.05) is 0 Å². The Bertz CT molecular complexity index is 975. The fourth-order valence-electron chi connectivity index (χ4n) is 3.18. The van der Waals surface area contributed by atoms with Crippen molar-refractivity contribution in [2.45, 2.75) is 5.92 Å². The van der Waals surface area contributed by atoms with Crippen molar-refractivity contribution in [2.24, 2.45) is 4.99 Å². The monoisotopic (exact) mass is 325 g/mol. The second-order valence-electron chi connectivity index (χ2n) is 5.91. The van der Waals surface area contributed by atoms with Crippen LogP contribution in [0, 0.1) is 0 Å². The minimum atomic E-state index is -0.661. The first-order valence-corrected chi connectivity index (χ1v) is 8.12. The Morgan fingerprint density at radius 3 is 2.04 bits per heavy atom. The van der Waals surface area contributed by atoms with Crippen LogP contribution in [0.1, 0.15) is 27.4 Å². The molecule has 0 radical (unpaired) electrons. The molecule has 1 aliphatic rings. The van der Waals surface area contributed by atoms with Gasteiger partial charge in [-0.25, -0.2) is 0 Å². The van der Waals surface area contributed by atoms with Gasteiger partial charge in [-0.2, -0.15) is 0 Å². The zero-order valence-corrected chi connectivity index (χ0v) is 13.4. The van der Waals surface area contributed by atoms with Crippen LogP contribution in [0.3, 0.4) is 0 Å². The average molecular weight is 325 g/mol. The number of para-hydroxylation sites is 1. The highest BCUT2D eigenvalue weighted by atomic mass is 16.2. The highest BCUT2D eigenvalue weighted by Gasteiger charge is 2.41. The summed E-state index contributed by atoms with van der Waals surface area (Å²) in [5.74, 6) is -1.51. The molecule has 120 valence electrons. The molecule has 0 aliphatic heterocycles. The Morgan fingerprint density at radius 2 is 1.32 bits per heavy atom. The molecule has 1 unspecified atom stereocenters. The maximum atomic E-state index is 12.7.